The van der Waals surface area contributed by atoms with Gasteiger partial charge in [0, 0.05) is 6.04 Å². The van der Waals surface area contributed by atoms with Crippen molar-refractivity contribution in [1.82, 2.24) is 4.90 Å². The lowest BCUT2D eigenvalue weighted by Crippen LogP contribution is -2.42. The van der Waals surface area contributed by atoms with Crippen LogP contribution in [0.3, 0.4) is 0 Å². The summed E-state index contributed by atoms with van der Waals surface area (Å²) in [5.41, 5.74) is 9.57. The summed E-state index contributed by atoms with van der Waals surface area (Å²) in [6.45, 7) is 2.33. The van der Waals surface area contributed by atoms with Gasteiger partial charge in [0.25, 0.3) is 0 Å². The van der Waals surface area contributed by atoms with E-state index in [1.165, 1.54) is 37.1 Å². The van der Waals surface area contributed by atoms with E-state index in [9.17, 15) is 0 Å². The maximum absolute atomic E-state index is 6.55. The number of rotatable bonds is 1. The summed E-state index contributed by atoms with van der Waals surface area (Å²) in [7, 11) is 3.91. The Labute approximate surface area is 109 Å². The number of piperidine rings is 1. The molecule has 98 valence electrons. The summed E-state index contributed by atoms with van der Waals surface area (Å²) < 4.78 is 5.32. The number of methoxy groups -OCH3 is 1. The first-order valence-electron chi connectivity index (χ1n) is 6.75. The lowest BCUT2D eigenvalue weighted by Gasteiger charge is -2.41. The molecule has 1 aromatic carbocycles. The van der Waals surface area contributed by atoms with Gasteiger partial charge in [0.2, 0.25) is 0 Å². The van der Waals surface area contributed by atoms with Gasteiger partial charge in [-0.25, -0.2) is 0 Å². The molecule has 0 radical (unpaired) electrons. The van der Waals surface area contributed by atoms with Crippen molar-refractivity contribution in [3.63, 3.8) is 0 Å². The van der Waals surface area contributed by atoms with E-state index in [1.54, 1.807) is 7.11 Å². The van der Waals surface area contributed by atoms with Crippen LogP contribution in [0.25, 0.3) is 0 Å². The molecule has 1 spiro atoms. The molecule has 0 amide bonds. The van der Waals surface area contributed by atoms with Gasteiger partial charge in [-0.2, -0.15) is 0 Å². The third kappa shape index (κ3) is 1.73. The predicted octanol–water partition coefficient (Wildman–Crippen LogP) is 1.96. The van der Waals surface area contributed by atoms with Crippen molar-refractivity contribution >= 4 is 0 Å². The normalized spacial score (nSPS) is 26.3. The van der Waals surface area contributed by atoms with E-state index in [0.29, 0.717) is 5.41 Å². The molecule has 1 aromatic rings. The van der Waals surface area contributed by atoms with Crippen LogP contribution in [0.4, 0.5) is 0 Å². The lowest BCUT2D eigenvalue weighted by atomic mass is 9.73. The lowest BCUT2D eigenvalue weighted by molar-refractivity contribution is 0.106. The number of hydrogen-bond donors (Lipinski definition) is 1. The van der Waals surface area contributed by atoms with Crippen LogP contribution in [0, 0.1) is 5.41 Å². The highest BCUT2D eigenvalue weighted by molar-refractivity contribution is 5.43. The molecule has 1 aliphatic carbocycles. The minimum atomic E-state index is 0.177. The molecule has 0 saturated carbocycles. The Morgan fingerprint density at radius 1 is 1.33 bits per heavy atom. The summed E-state index contributed by atoms with van der Waals surface area (Å²) in [5, 5.41) is 0. The SMILES string of the molecule is COc1ccc2c(c1)[C@H](N)C1(CCN(C)CC1)C2. The van der Waals surface area contributed by atoms with E-state index < -0.39 is 0 Å². The van der Waals surface area contributed by atoms with E-state index >= 15 is 0 Å². The number of nitrogens with two attached hydrogens (primary N) is 1. The second-order valence-electron chi connectivity index (χ2n) is 5.88. The van der Waals surface area contributed by atoms with Gasteiger partial charge in [0.05, 0.1) is 7.11 Å². The second kappa shape index (κ2) is 4.25. The Bertz CT molecular complexity index is 450. The molecule has 0 bridgehead atoms. The fraction of sp³-hybridized carbons (Fsp3) is 0.600. The van der Waals surface area contributed by atoms with Crippen LogP contribution < -0.4 is 10.5 Å². The fourth-order valence-corrected chi connectivity index (χ4v) is 3.52. The van der Waals surface area contributed by atoms with Crippen molar-refractivity contribution in [1.29, 1.82) is 0 Å². The maximum Gasteiger partial charge on any atom is 0.119 e. The van der Waals surface area contributed by atoms with Gasteiger partial charge >= 0.3 is 0 Å². The molecule has 18 heavy (non-hydrogen) atoms. The van der Waals surface area contributed by atoms with Crippen LogP contribution in [0.5, 0.6) is 5.75 Å². The average Bonchev–Trinajstić information content (AvgIpc) is 2.66. The number of ether oxygens (including phenoxy) is 1. The summed E-state index contributed by atoms with van der Waals surface area (Å²) in [5.74, 6) is 0.925. The average molecular weight is 246 g/mol. The Balaban J connectivity index is 1.91. The minimum absolute atomic E-state index is 0.177. The van der Waals surface area contributed by atoms with Crippen molar-refractivity contribution in [2.45, 2.75) is 25.3 Å². The first-order chi connectivity index (χ1) is 8.64. The van der Waals surface area contributed by atoms with E-state index in [4.69, 9.17) is 10.5 Å². The minimum Gasteiger partial charge on any atom is -0.497 e. The molecule has 1 aliphatic heterocycles. The summed E-state index contributed by atoms with van der Waals surface area (Å²) >= 11 is 0. The van der Waals surface area contributed by atoms with E-state index in [0.717, 1.165) is 12.2 Å². The summed E-state index contributed by atoms with van der Waals surface area (Å²) in [6, 6.07) is 6.56. The van der Waals surface area contributed by atoms with Gasteiger partial charge in [0.15, 0.2) is 0 Å². The van der Waals surface area contributed by atoms with Gasteiger partial charge < -0.3 is 15.4 Å². The highest BCUT2D eigenvalue weighted by atomic mass is 16.5. The molecular formula is C15H22N2O. The second-order valence-corrected chi connectivity index (χ2v) is 5.88. The summed E-state index contributed by atoms with van der Waals surface area (Å²) in [6.07, 6.45) is 3.56. The molecule has 1 saturated heterocycles. The fourth-order valence-electron chi connectivity index (χ4n) is 3.52. The van der Waals surface area contributed by atoms with E-state index in [1.807, 2.05) is 0 Å². The van der Waals surface area contributed by atoms with Gasteiger partial charge in [-0.15, -0.1) is 0 Å². The molecule has 1 atom stereocenters. The number of hydrogen-bond acceptors (Lipinski definition) is 3. The first-order valence-corrected chi connectivity index (χ1v) is 6.75. The topological polar surface area (TPSA) is 38.5 Å². The van der Waals surface area contributed by atoms with Crippen LogP contribution in [0.1, 0.15) is 30.0 Å². The van der Waals surface area contributed by atoms with Gasteiger partial charge in [-0.3, -0.25) is 0 Å². The molecule has 3 heteroatoms. The van der Waals surface area contributed by atoms with Gasteiger partial charge in [-0.05, 0) is 68.1 Å². The first kappa shape index (κ1) is 12.0. The Morgan fingerprint density at radius 2 is 2.06 bits per heavy atom. The summed E-state index contributed by atoms with van der Waals surface area (Å²) in [4.78, 5) is 2.40. The van der Waals surface area contributed by atoms with Gasteiger partial charge in [0.1, 0.15) is 5.75 Å². The third-order valence-electron chi connectivity index (χ3n) is 4.87. The Kier molecular flexibility index (Phi) is 2.83. The third-order valence-corrected chi connectivity index (χ3v) is 4.87. The molecule has 3 nitrogen and oxygen atoms in total. The van der Waals surface area contributed by atoms with Crippen LogP contribution in [0.2, 0.25) is 0 Å². The number of fused-ring (bicyclic) bond motifs is 1. The van der Waals surface area contributed by atoms with Crippen molar-refractivity contribution in [3.05, 3.63) is 29.3 Å². The number of nitrogens with zero attached hydrogens (tertiary/aromatic N) is 1. The predicted molar refractivity (Wildman–Crippen MR) is 72.8 cm³/mol. The molecule has 2 N–H and O–H groups in total. The zero-order valence-electron chi connectivity index (χ0n) is 11.3. The smallest absolute Gasteiger partial charge is 0.119 e. The monoisotopic (exact) mass is 246 g/mol. The maximum atomic E-state index is 6.55. The van der Waals surface area contributed by atoms with Crippen molar-refractivity contribution < 1.29 is 4.74 Å². The number of benzene rings is 1. The molecular weight excluding hydrogens is 224 g/mol. The van der Waals surface area contributed by atoms with Crippen LogP contribution in [-0.4, -0.2) is 32.1 Å². The Hall–Kier alpha value is -1.06. The standard InChI is InChI=1S/C15H22N2O/c1-17-7-5-15(6-8-17)10-11-3-4-12(18-2)9-13(11)14(15)16/h3-4,9,14H,5-8,10,16H2,1-2H3/t14-/m0/s1. The molecule has 0 aromatic heterocycles. The quantitative estimate of drug-likeness (QED) is 0.823. The van der Waals surface area contributed by atoms with Crippen molar-refractivity contribution in [2.75, 3.05) is 27.2 Å². The Morgan fingerprint density at radius 3 is 2.72 bits per heavy atom. The van der Waals surface area contributed by atoms with Crippen molar-refractivity contribution in [2.24, 2.45) is 11.1 Å². The highest BCUT2D eigenvalue weighted by Gasteiger charge is 2.45. The van der Waals surface area contributed by atoms with Crippen LogP contribution in [-0.2, 0) is 6.42 Å². The molecule has 3 rings (SSSR count). The van der Waals surface area contributed by atoms with Crippen molar-refractivity contribution in [3.8, 4) is 5.75 Å². The molecule has 0 unspecified atom stereocenters. The molecule has 2 aliphatic rings. The molecule has 1 heterocycles. The van der Waals surface area contributed by atoms with Crippen LogP contribution in [0.15, 0.2) is 18.2 Å². The van der Waals surface area contributed by atoms with Crippen LogP contribution >= 0.6 is 0 Å². The van der Waals surface area contributed by atoms with E-state index in [-0.39, 0.29) is 6.04 Å². The number of likely N-dealkylation sites (tertiary alicyclic amines) is 1. The zero-order chi connectivity index (χ0) is 12.8. The largest absolute Gasteiger partial charge is 0.497 e. The van der Waals surface area contributed by atoms with E-state index in [2.05, 4.69) is 30.1 Å². The highest BCUT2D eigenvalue weighted by Crippen LogP contribution is 2.51. The molecule has 1 fully saturated rings. The zero-order valence-corrected chi connectivity index (χ0v) is 11.3. The van der Waals surface area contributed by atoms with Gasteiger partial charge in [-0.1, -0.05) is 6.07 Å².